The molecule has 1 aliphatic rings. The maximum atomic E-state index is 13.5. The van der Waals surface area contributed by atoms with E-state index in [0.717, 1.165) is 12.1 Å². The van der Waals surface area contributed by atoms with Crippen LogP contribution in [0, 0.1) is 5.92 Å². The van der Waals surface area contributed by atoms with Gasteiger partial charge in [0.05, 0.1) is 17.1 Å². The molecule has 0 bridgehead atoms. The average Bonchev–Trinajstić information content (AvgIpc) is 3.32. The number of alkyl carbamates (subject to hydrolysis) is 2. The van der Waals surface area contributed by atoms with Crippen LogP contribution >= 0.6 is 11.6 Å². The first kappa shape index (κ1) is 33.2. The van der Waals surface area contributed by atoms with Crippen LogP contribution in [0.5, 0.6) is 0 Å². The van der Waals surface area contributed by atoms with Crippen LogP contribution in [0.1, 0.15) is 65.2 Å². The molecule has 1 aromatic heterocycles. The summed E-state index contributed by atoms with van der Waals surface area (Å²) in [6.07, 6.45) is -5.21. The van der Waals surface area contributed by atoms with Gasteiger partial charge in [-0.3, -0.25) is 0 Å². The lowest BCUT2D eigenvalue weighted by molar-refractivity contribution is -0.137. The first-order valence-electron chi connectivity index (χ1n) is 13.4. The highest BCUT2D eigenvalue weighted by Crippen LogP contribution is 2.37. The van der Waals surface area contributed by atoms with Crippen molar-refractivity contribution in [2.75, 3.05) is 31.1 Å². The van der Waals surface area contributed by atoms with Gasteiger partial charge >= 0.3 is 18.4 Å². The lowest BCUT2D eigenvalue weighted by Gasteiger charge is -2.25. The molecule has 1 aliphatic heterocycles. The van der Waals surface area contributed by atoms with E-state index in [0.29, 0.717) is 31.9 Å². The van der Waals surface area contributed by atoms with E-state index in [2.05, 4.69) is 20.6 Å². The van der Waals surface area contributed by atoms with Gasteiger partial charge in [0.1, 0.15) is 23.1 Å². The number of nitrogens with zero attached hydrogens (tertiary/aromatic N) is 3. The van der Waals surface area contributed by atoms with Crippen molar-refractivity contribution in [3.05, 3.63) is 40.5 Å². The maximum Gasteiger partial charge on any atom is 0.417 e. The van der Waals surface area contributed by atoms with Gasteiger partial charge < -0.3 is 30.1 Å². The number of carbonyl (C=O) groups is 2. The zero-order valence-corrected chi connectivity index (χ0v) is 25.2. The molecular formula is C28H37ClF3N5O5. The fraction of sp³-hybridized carbons (Fsp3) is 0.571. The minimum absolute atomic E-state index is 0.00134. The van der Waals surface area contributed by atoms with E-state index in [1.54, 1.807) is 41.5 Å². The summed E-state index contributed by atoms with van der Waals surface area (Å²) in [6, 6.07) is 3.39. The Kier molecular flexibility index (Phi) is 10.2. The molecule has 3 N–H and O–H groups in total. The summed E-state index contributed by atoms with van der Waals surface area (Å²) in [7, 11) is 0. The second-order valence-corrected chi connectivity index (χ2v) is 12.5. The molecule has 2 amide bonds. The normalized spacial score (nSPS) is 16.6. The van der Waals surface area contributed by atoms with E-state index in [1.165, 1.54) is 12.3 Å². The first-order valence-corrected chi connectivity index (χ1v) is 13.8. The maximum absolute atomic E-state index is 13.5. The van der Waals surface area contributed by atoms with E-state index < -0.39 is 46.3 Å². The Morgan fingerprint density at radius 3 is 2.31 bits per heavy atom. The van der Waals surface area contributed by atoms with Crippen molar-refractivity contribution in [3.63, 3.8) is 0 Å². The molecular weight excluding hydrogens is 579 g/mol. The van der Waals surface area contributed by atoms with Crippen molar-refractivity contribution in [3.8, 4) is 11.4 Å². The fourth-order valence-electron chi connectivity index (χ4n) is 4.23. The molecule has 2 atom stereocenters. The summed E-state index contributed by atoms with van der Waals surface area (Å²) in [4.78, 5) is 34.9. The highest BCUT2D eigenvalue weighted by molar-refractivity contribution is 6.31. The third kappa shape index (κ3) is 9.62. The topological polar surface area (TPSA) is 126 Å². The zero-order valence-electron chi connectivity index (χ0n) is 24.4. The Morgan fingerprint density at radius 1 is 1.10 bits per heavy atom. The Morgan fingerprint density at radius 2 is 1.71 bits per heavy atom. The number of alkyl halides is 3. The number of hydrogen-bond acceptors (Lipinski definition) is 8. The van der Waals surface area contributed by atoms with Gasteiger partial charge in [0, 0.05) is 37.0 Å². The third-order valence-corrected chi connectivity index (χ3v) is 6.37. The first-order chi connectivity index (χ1) is 19.3. The highest BCUT2D eigenvalue weighted by atomic mass is 35.5. The molecule has 42 heavy (non-hydrogen) atoms. The van der Waals surface area contributed by atoms with Gasteiger partial charge in [0.15, 0.2) is 5.82 Å². The standard InChI is InChI=1S/C28H37ClF3N5O5/c1-26(2,3)41-24(39)34-12-16-9-10-37(15-16)23-18(21(38)14-35-25(40)42-27(4,5)6)13-33-22(36-23)17-7-8-20(29)19(11-17)28(30,31)32/h7-8,11,13,16,21,38H,9-10,12,14-15H2,1-6H3,(H,34,39)(H,35,40)/t16-,21?/m0/s1. The number of aromatic nitrogens is 2. The summed E-state index contributed by atoms with van der Waals surface area (Å²) in [6.45, 7) is 11.4. The van der Waals surface area contributed by atoms with Crippen molar-refractivity contribution in [2.45, 2.75) is 71.4 Å². The van der Waals surface area contributed by atoms with Crippen LogP contribution in [-0.2, 0) is 15.7 Å². The smallest absolute Gasteiger partial charge is 0.417 e. The van der Waals surface area contributed by atoms with Crippen molar-refractivity contribution < 1.29 is 37.3 Å². The van der Waals surface area contributed by atoms with Crippen LogP contribution in [-0.4, -0.2) is 64.6 Å². The van der Waals surface area contributed by atoms with Gasteiger partial charge in [-0.05, 0) is 72.1 Å². The Hall–Kier alpha value is -3.32. The minimum Gasteiger partial charge on any atom is -0.444 e. The summed E-state index contributed by atoms with van der Waals surface area (Å²) >= 11 is 5.79. The fourth-order valence-corrected chi connectivity index (χ4v) is 4.45. The average molecular weight is 616 g/mol. The van der Waals surface area contributed by atoms with Gasteiger partial charge in [-0.15, -0.1) is 0 Å². The van der Waals surface area contributed by atoms with Crippen LogP contribution in [0.3, 0.4) is 0 Å². The molecule has 2 heterocycles. The predicted octanol–water partition coefficient (Wildman–Crippen LogP) is 5.72. The van der Waals surface area contributed by atoms with Crippen molar-refractivity contribution in [2.24, 2.45) is 5.92 Å². The van der Waals surface area contributed by atoms with Gasteiger partial charge in [-0.2, -0.15) is 13.2 Å². The number of halogens is 4. The van der Waals surface area contributed by atoms with Gasteiger partial charge in [-0.1, -0.05) is 11.6 Å². The largest absolute Gasteiger partial charge is 0.444 e. The second-order valence-electron chi connectivity index (χ2n) is 12.0. The Bertz CT molecular complexity index is 1280. The van der Waals surface area contributed by atoms with Gasteiger partial charge in [-0.25, -0.2) is 19.6 Å². The van der Waals surface area contributed by atoms with Crippen molar-refractivity contribution in [1.29, 1.82) is 0 Å². The van der Waals surface area contributed by atoms with E-state index in [4.69, 9.17) is 21.1 Å². The number of benzene rings is 1. The lowest BCUT2D eigenvalue weighted by atomic mass is 10.1. The Balaban J connectivity index is 1.87. The zero-order chi connectivity index (χ0) is 31.5. The van der Waals surface area contributed by atoms with Crippen molar-refractivity contribution >= 4 is 29.6 Å². The van der Waals surface area contributed by atoms with Crippen LogP contribution in [0.15, 0.2) is 24.4 Å². The van der Waals surface area contributed by atoms with E-state index in [1.807, 2.05) is 4.90 Å². The van der Waals surface area contributed by atoms with Crippen LogP contribution in [0.25, 0.3) is 11.4 Å². The molecule has 232 valence electrons. The SMILES string of the molecule is CC(C)(C)OC(=O)NCC(O)c1cnc(-c2ccc(Cl)c(C(F)(F)F)c2)nc1N1CC[C@@H](CNC(=O)OC(C)(C)C)C1. The molecule has 0 spiro atoms. The molecule has 1 unspecified atom stereocenters. The number of aliphatic hydroxyl groups is 1. The number of nitrogens with one attached hydrogen (secondary N) is 2. The number of ether oxygens (including phenoxy) is 2. The molecule has 2 aromatic rings. The second kappa shape index (κ2) is 12.9. The molecule has 0 saturated carbocycles. The number of hydrogen-bond donors (Lipinski definition) is 3. The van der Waals surface area contributed by atoms with Gasteiger partial charge in [0.25, 0.3) is 0 Å². The van der Waals surface area contributed by atoms with E-state index in [9.17, 15) is 27.9 Å². The number of aliphatic hydroxyl groups excluding tert-OH is 1. The number of carbonyl (C=O) groups excluding carboxylic acids is 2. The quantitative estimate of drug-likeness (QED) is 0.361. The number of anilines is 1. The molecule has 3 rings (SSSR count). The highest BCUT2D eigenvalue weighted by Gasteiger charge is 2.34. The van der Waals surface area contributed by atoms with Gasteiger partial charge in [0.2, 0.25) is 0 Å². The molecule has 10 nitrogen and oxygen atoms in total. The number of amides is 2. The molecule has 14 heteroatoms. The summed E-state index contributed by atoms with van der Waals surface area (Å²) in [5, 5.41) is 15.8. The monoisotopic (exact) mass is 615 g/mol. The van der Waals surface area contributed by atoms with E-state index in [-0.39, 0.29) is 29.4 Å². The Labute approximate surface area is 247 Å². The van der Waals surface area contributed by atoms with Crippen LogP contribution in [0.2, 0.25) is 5.02 Å². The van der Waals surface area contributed by atoms with Crippen LogP contribution < -0.4 is 15.5 Å². The molecule has 1 fully saturated rings. The summed E-state index contributed by atoms with van der Waals surface area (Å²) in [5.41, 5.74) is -2.05. The minimum atomic E-state index is -4.68. The third-order valence-electron chi connectivity index (χ3n) is 6.04. The summed E-state index contributed by atoms with van der Waals surface area (Å²) < 4.78 is 51.0. The van der Waals surface area contributed by atoms with Crippen molar-refractivity contribution in [1.82, 2.24) is 20.6 Å². The summed E-state index contributed by atoms with van der Waals surface area (Å²) in [5.74, 6) is 0.300. The predicted molar refractivity (Wildman–Crippen MR) is 151 cm³/mol. The molecule has 1 saturated heterocycles. The molecule has 0 radical (unpaired) electrons. The molecule has 0 aliphatic carbocycles. The molecule has 1 aromatic carbocycles. The van der Waals surface area contributed by atoms with E-state index >= 15 is 0 Å². The number of rotatable bonds is 7. The van der Waals surface area contributed by atoms with Crippen LogP contribution in [0.4, 0.5) is 28.6 Å². The lowest BCUT2D eigenvalue weighted by Crippen LogP contribution is -2.36.